The third-order valence-electron chi connectivity index (χ3n) is 4.24. The van der Waals surface area contributed by atoms with Gasteiger partial charge in [-0.3, -0.25) is 10.1 Å². The fraction of sp³-hybridized carbons (Fsp3) is 0.235. The second kappa shape index (κ2) is 6.25. The summed E-state index contributed by atoms with van der Waals surface area (Å²) in [5.74, 6) is 1.16. The van der Waals surface area contributed by atoms with Crippen LogP contribution in [0.5, 0.6) is 0 Å². The SMILES string of the molecule is O=[N+]([O-])c1cnn(-c2nc(-c3cccc(Cl)c3)nc3c2CCCC3)c1. The Balaban J connectivity index is 1.89. The van der Waals surface area contributed by atoms with Gasteiger partial charge in [-0.05, 0) is 37.8 Å². The zero-order chi connectivity index (χ0) is 17.4. The summed E-state index contributed by atoms with van der Waals surface area (Å²) in [6, 6.07) is 7.34. The highest BCUT2D eigenvalue weighted by molar-refractivity contribution is 6.30. The summed E-state index contributed by atoms with van der Waals surface area (Å²) < 4.78 is 1.47. The maximum atomic E-state index is 11.0. The Kier molecular flexibility index (Phi) is 3.93. The number of hydrogen-bond donors (Lipinski definition) is 0. The van der Waals surface area contributed by atoms with Crippen LogP contribution >= 0.6 is 11.6 Å². The fourth-order valence-corrected chi connectivity index (χ4v) is 3.23. The van der Waals surface area contributed by atoms with E-state index in [1.807, 2.05) is 12.1 Å². The number of aromatic nitrogens is 4. The van der Waals surface area contributed by atoms with Crippen molar-refractivity contribution in [3.8, 4) is 17.2 Å². The summed E-state index contributed by atoms with van der Waals surface area (Å²) >= 11 is 6.09. The van der Waals surface area contributed by atoms with E-state index in [1.165, 1.54) is 17.1 Å². The molecule has 126 valence electrons. The average molecular weight is 356 g/mol. The Morgan fingerprint density at radius 2 is 2.04 bits per heavy atom. The largest absolute Gasteiger partial charge is 0.307 e. The van der Waals surface area contributed by atoms with Crippen LogP contribution in [0.3, 0.4) is 0 Å². The van der Waals surface area contributed by atoms with Gasteiger partial charge in [0.25, 0.3) is 0 Å². The van der Waals surface area contributed by atoms with Gasteiger partial charge in [-0.1, -0.05) is 23.7 Å². The molecule has 0 saturated carbocycles. The lowest BCUT2D eigenvalue weighted by Gasteiger charge is -2.19. The van der Waals surface area contributed by atoms with Gasteiger partial charge in [-0.15, -0.1) is 0 Å². The summed E-state index contributed by atoms with van der Waals surface area (Å²) in [5.41, 5.74) is 2.73. The lowest BCUT2D eigenvalue weighted by Crippen LogP contribution is -2.14. The van der Waals surface area contributed by atoms with Gasteiger partial charge in [-0.25, -0.2) is 14.6 Å². The van der Waals surface area contributed by atoms with Crippen LogP contribution in [0.4, 0.5) is 5.69 Å². The van der Waals surface area contributed by atoms with E-state index < -0.39 is 4.92 Å². The predicted molar refractivity (Wildman–Crippen MR) is 92.9 cm³/mol. The molecule has 0 unspecified atom stereocenters. The summed E-state index contributed by atoms with van der Waals surface area (Å²) in [6.07, 6.45) is 6.44. The van der Waals surface area contributed by atoms with Crippen LogP contribution < -0.4 is 0 Å². The van der Waals surface area contributed by atoms with Crippen molar-refractivity contribution in [3.05, 3.63) is 63.1 Å². The second-order valence-corrected chi connectivity index (χ2v) is 6.35. The van der Waals surface area contributed by atoms with Crippen molar-refractivity contribution in [2.24, 2.45) is 0 Å². The number of hydrogen-bond acceptors (Lipinski definition) is 5. The molecule has 25 heavy (non-hydrogen) atoms. The monoisotopic (exact) mass is 355 g/mol. The molecule has 0 saturated heterocycles. The third kappa shape index (κ3) is 2.98. The van der Waals surface area contributed by atoms with E-state index >= 15 is 0 Å². The van der Waals surface area contributed by atoms with Crippen LogP contribution in [-0.4, -0.2) is 24.7 Å². The molecular weight excluding hydrogens is 342 g/mol. The molecule has 0 spiro atoms. The van der Waals surface area contributed by atoms with E-state index in [9.17, 15) is 10.1 Å². The number of aryl methyl sites for hydroxylation is 1. The van der Waals surface area contributed by atoms with Gasteiger partial charge in [0.1, 0.15) is 12.4 Å². The van der Waals surface area contributed by atoms with E-state index in [4.69, 9.17) is 16.6 Å². The fourth-order valence-electron chi connectivity index (χ4n) is 3.04. The smallest absolute Gasteiger partial charge is 0.258 e. The molecule has 3 aromatic rings. The van der Waals surface area contributed by atoms with Crippen molar-refractivity contribution in [2.75, 3.05) is 0 Å². The standard InChI is InChI=1S/C17H14ClN5O2/c18-12-5-3-4-11(8-12)16-20-15-7-2-1-6-14(15)17(21-16)22-10-13(9-19-22)23(24)25/h3-5,8-10H,1-2,6-7H2. The highest BCUT2D eigenvalue weighted by Crippen LogP contribution is 2.29. The number of halogens is 1. The van der Waals surface area contributed by atoms with Gasteiger partial charge >= 0.3 is 5.69 Å². The zero-order valence-electron chi connectivity index (χ0n) is 13.2. The highest BCUT2D eigenvalue weighted by Gasteiger charge is 2.21. The van der Waals surface area contributed by atoms with E-state index in [2.05, 4.69) is 10.1 Å². The second-order valence-electron chi connectivity index (χ2n) is 5.91. The molecule has 0 aliphatic heterocycles. The van der Waals surface area contributed by atoms with Gasteiger partial charge in [0.2, 0.25) is 0 Å². The maximum absolute atomic E-state index is 11.0. The molecule has 0 amide bonds. The summed E-state index contributed by atoms with van der Waals surface area (Å²) in [4.78, 5) is 19.9. The Morgan fingerprint density at radius 1 is 1.20 bits per heavy atom. The lowest BCUT2D eigenvalue weighted by atomic mass is 9.96. The van der Waals surface area contributed by atoms with Crippen molar-refractivity contribution in [1.82, 2.24) is 19.7 Å². The van der Waals surface area contributed by atoms with Crippen molar-refractivity contribution in [3.63, 3.8) is 0 Å². The third-order valence-corrected chi connectivity index (χ3v) is 4.48. The predicted octanol–water partition coefficient (Wildman–Crippen LogP) is 3.77. The van der Waals surface area contributed by atoms with E-state index in [1.54, 1.807) is 12.1 Å². The Bertz CT molecular complexity index is 969. The quantitative estimate of drug-likeness (QED) is 0.527. The molecule has 0 radical (unpaired) electrons. The molecule has 1 aromatic carbocycles. The van der Waals surface area contributed by atoms with Crippen molar-refractivity contribution in [2.45, 2.75) is 25.7 Å². The summed E-state index contributed by atoms with van der Waals surface area (Å²) in [5, 5.41) is 15.7. The van der Waals surface area contributed by atoms with Crippen LogP contribution in [0.25, 0.3) is 17.2 Å². The van der Waals surface area contributed by atoms with E-state index in [0.29, 0.717) is 16.7 Å². The molecule has 1 aliphatic rings. The summed E-state index contributed by atoms with van der Waals surface area (Å²) in [7, 11) is 0. The molecule has 4 rings (SSSR count). The zero-order valence-corrected chi connectivity index (χ0v) is 14.0. The first-order chi connectivity index (χ1) is 12.1. The number of benzene rings is 1. The van der Waals surface area contributed by atoms with Crippen LogP contribution in [0, 0.1) is 10.1 Å². The van der Waals surface area contributed by atoms with Crippen molar-refractivity contribution < 1.29 is 4.92 Å². The Labute approximate surface area is 148 Å². The number of nitrogens with zero attached hydrogens (tertiary/aromatic N) is 5. The molecule has 8 heteroatoms. The average Bonchev–Trinajstić information content (AvgIpc) is 3.11. The van der Waals surface area contributed by atoms with E-state index in [-0.39, 0.29) is 5.69 Å². The minimum absolute atomic E-state index is 0.0625. The van der Waals surface area contributed by atoms with Crippen LogP contribution in [0.2, 0.25) is 5.02 Å². The van der Waals surface area contributed by atoms with Gasteiger partial charge in [-0.2, -0.15) is 5.10 Å². The molecule has 0 fully saturated rings. The first-order valence-corrected chi connectivity index (χ1v) is 8.35. The number of fused-ring (bicyclic) bond motifs is 1. The first kappa shape index (κ1) is 15.7. The molecule has 7 nitrogen and oxygen atoms in total. The Hall–Kier alpha value is -2.80. The minimum Gasteiger partial charge on any atom is -0.258 e. The van der Waals surface area contributed by atoms with Crippen LogP contribution in [-0.2, 0) is 12.8 Å². The Morgan fingerprint density at radius 3 is 2.80 bits per heavy atom. The van der Waals surface area contributed by atoms with Gasteiger partial charge in [0.05, 0.1) is 4.92 Å². The normalized spacial score (nSPS) is 13.5. The summed E-state index contributed by atoms with van der Waals surface area (Å²) in [6.45, 7) is 0. The maximum Gasteiger partial charge on any atom is 0.307 e. The molecule has 1 aliphatic carbocycles. The lowest BCUT2D eigenvalue weighted by molar-refractivity contribution is -0.384. The topological polar surface area (TPSA) is 86.7 Å². The molecule has 0 atom stereocenters. The molecule has 0 N–H and O–H groups in total. The number of rotatable bonds is 3. The van der Waals surface area contributed by atoms with Crippen molar-refractivity contribution in [1.29, 1.82) is 0 Å². The molecular formula is C17H14ClN5O2. The van der Waals surface area contributed by atoms with E-state index in [0.717, 1.165) is 42.5 Å². The first-order valence-electron chi connectivity index (χ1n) is 7.97. The van der Waals surface area contributed by atoms with Gasteiger partial charge < -0.3 is 0 Å². The van der Waals surface area contributed by atoms with Crippen LogP contribution in [0.1, 0.15) is 24.1 Å². The molecule has 2 heterocycles. The minimum atomic E-state index is -0.463. The van der Waals surface area contributed by atoms with Crippen molar-refractivity contribution >= 4 is 17.3 Å². The molecule has 2 aromatic heterocycles. The number of nitro groups is 1. The van der Waals surface area contributed by atoms with Crippen LogP contribution in [0.15, 0.2) is 36.7 Å². The van der Waals surface area contributed by atoms with Gasteiger partial charge in [0.15, 0.2) is 11.6 Å². The van der Waals surface area contributed by atoms with Gasteiger partial charge in [0, 0.05) is 21.8 Å². The highest BCUT2D eigenvalue weighted by atomic mass is 35.5. The molecule has 0 bridgehead atoms.